The van der Waals surface area contributed by atoms with Gasteiger partial charge < -0.3 is 5.32 Å². The number of benzene rings is 2. The van der Waals surface area contributed by atoms with Crippen LogP contribution in [0, 0.1) is 5.82 Å². The molecule has 0 aliphatic carbocycles. The average molecular weight is 306 g/mol. The maximum Gasteiger partial charge on any atom is 0.255 e. The van der Waals surface area contributed by atoms with Crippen molar-refractivity contribution in [2.45, 2.75) is 26.7 Å². The molecule has 0 fully saturated rings. The smallest absolute Gasteiger partial charge is 0.255 e. The molecule has 2 aromatic carbocycles. The van der Waals surface area contributed by atoms with E-state index in [9.17, 15) is 9.18 Å². The van der Waals surface area contributed by atoms with Crippen LogP contribution in [0.25, 0.3) is 0 Å². The molecule has 1 amide bonds. The number of nitrogens with one attached hydrogen (secondary N) is 1. The second-order valence-corrected chi connectivity index (χ2v) is 5.14. The largest absolute Gasteiger partial charge is 0.321 e. The lowest BCUT2D eigenvalue weighted by Crippen LogP contribution is -2.15. The Morgan fingerprint density at radius 2 is 1.76 bits per heavy atom. The van der Waals surface area contributed by atoms with E-state index in [1.807, 2.05) is 26.0 Å². The van der Waals surface area contributed by atoms with Gasteiger partial charge >= 0.3 is 0 Å². The third kappa shape index (κ3) is 3.42. The lowest BCUT2D eigenvalue weighted by molar-refractivity contribution is 0.102. The summed E-state index contributed by atoms with van der Waals surface area (Å²) in [5.41, 5.74) is 3.14. The van der Waals surface area contributed by atoms with Crippen LogP contribution < -0.4 is 5.32 Å². The number of rotatable bonds is 4. The van der Waals surface area contributed by atoms with Crippen LogP contribution in [0.4, 0.5) is 10.1 Å². The molecule has 2 nitrogen and oxygen atoms in total. The summed E-state index contributed by atoms with van der Waals surface area (Å²) in [6.45, 7) is 4.02. The van der Waals surface area contributed by atoms with Gasteiger partial charge in [-0.15, -0.1) is 0 Å². The molecule has 1 N–H and O–H groups in total. The van der Waals surface area contributed by atoms with E-state index in [2.05, 4.69) is 5.32 Å². The first-order valence-corrected chi connectivity index (χ1v) is 7.31. The Labute approximate surface area is 128 Å². The van der Waals surface area contributed by atoms with Crippen LogP contribution in [-0.4, -0.2) is 5.91 Å². The molecule has 0 saturated carbocycles. The second-order valence-electron chi connectivity index (χ2n) is 4.73. The zero-order valence-electron chi connectivity index (χ0n) is 12.0. The van der Waals surface area contributed by atoms with Gasteiger partial charge in [0.15, 0.2) is 0 Å². The summed E-state index contributed by atoms with van der Waals surface area (Å²) in [7, 11) is 0. The number of hydrogen-bond donors (Lipinski definition) is 1. The van der Waals surface area contributed by atoms with Gasteiger partial charge in [0.1, 0.15) is 5.82 Å². The van der Waals surface area contributed by atoms with Crippen LogP contribution in [0.15, 0.2) is 36.4 Å². The van der Waals surface area contributed by atoms with Crippen LogP contribution in [0.2, 0.25) is 5.02 Å². The van der Waals surface area contributed by atoms with Crippen molar-refractivity contribution in [3.8, 4) is 0 Å². The second kappa shape index (κ2) is 6.72. The minimum Gasteiger partial charge on any atom is -0.321 e. The lowest BCUT2D eigenvalue weighted by atomic mass is 10.0. The van der Waals surface area contributed by atoms with E-state index in [1.165, 1.54) is 24.3 Å². The van der Waals surface area contributed by atoms with Crippen molar-refractivity contribution < 1.29 is 9.18 Å². The van der Waals surface area contributed by atoms with Crippen molar-refractivity contribution in [1.29, 1.82) is 0 Å². The van der Waals surface area contributed by atoms with Crippen molar-refractivity contribution in [3.63, 3.8) is 0 Å². The Bertz CT molecular complexity index is 653. The molecule has 2 aromatic rings. The monoisotopic (exact) mass is 305 g/mol. The normalized spacial score (nSPS) is 10.5. The van der Waals surface area contributed by atoms with E-state index >= 15 is 0 Å². The molecule has 0 bridgehead atoms. The van der Waals surface area contributed by atoms with Crippen LogP contribution in [0.5, 0.6) is 0 Å². The van der Waals surface area contributed by atoms with Crippen LogP contribution in [0.1, 0.15) is 35.3 Å². The first kappa shape index (κ1) is 15.5. The highest BCUT2D eigenvalue weighted by Gasteiger charge is 2.14. The first-order valence-electron chi connectivity index (χ1n) is 6.94. The van der Waals surface area contributed by atoms with Gasteiger partial charge in [-0.25, -0.2) is 4.39 Å². The van der Waals surface area contributed by atoms with Crippen LogP contribution in [0.3, 0.4) is 0 Å². The molecule has 0 aromatic heterocycles. The van der Waals surface area contributed by atoms with E-state index in [0.29, 0.717) is 10.6 Å². The zero-order valence-corrected chi connectivity index (χ0v) is 12.8. The SMILES string of the molecule is CCc1ccc(Cl)c(CC)c1NC(=O)c1ccc(F)cc1. The van der Waals surface area contributed by atoms with Gasteiger partial charge in [-0.05, 0) is 54.3 Å². The zero-order chi connectivity index (χ0) is 15.4. The van der Waals surface area contributed by atoms with E-state index in [4.69, 9.17) is 11.6 Å². The molecule has 0 radical (unpaired) electrons. The molecule has 0 aliphatic heterocycles. The predicted octanol–water partition coefficient (Wildman–Crippen LogP) is 4.86. The average Bonchev–Trinajstić information content (AvgIpc) is 2.48. The Hall–Kier alpha value is -1.87. The Kier molecular flexibility index (Phi) is 4.97. The molecule has 0 heterocycles. The highest BCUT2D eigenvalue weighted by molar-refractivity contribution is 6.32. The van der Waals surface area contributed by atoms with Gasteiger partial charge in [-0.3, -0.25) is 4.79 Å². The van der Waals surface area contributed by atoms with Gasteiger partial charge in [0.2, 0.25) is 0 Å². The molecule has 0 unspecified atom stereocenters. The summed E-state index contributed by atoms with van der Waals surface area (Å²) in [6.07, 6.45) is 1.52. The summed E-state index contributed by atoms with van der Waals surface area (Å²) in [6, 6.07) is 9.25. The Balaban J connectivity index is 2.36. The van der Waals surface area contributed by atoms with Crippen molar-refractivity contribution in [2.75, 3.05) is 5.32 Å². The molecule has 0 atom stereocenters. The van der Waals surface area contributed by atoms with Crippen LogP contribution in [-0.2, 0) is 12.8 Å². The van der Waals surface area contributed by atoms with Crippen LogP contribution >= 0.6 is 11.6 Å². The summed E-state index contributed by atoms with van der Waals surface area (Å²) in [5, 5.41) is 3.55. The number of hydrogen-bond acceptors (Lipinski definition) is 1. The lowest BCUT2D eigenvalue weighted by Gasteiger charge is -2.16. The minimum atomic E-state index is -0.363. The van der Waals surface area contributed by atoms with Gasteiger partial charge in [0, 0.05) is 16.3 Å². The van der Waals surface area contributed by atoms with Gasteiger partial charge in [0.05, 0.1) is 0 Å². The number of carbonyl (C=O) groups excluding carboxylic acids is 1. The van der Waals surface area contributed by atoms with Gasteiger partial charge in [-0.1, -0.05) is 31.5 Å². The fraction of sp³-hybridized carbons (Fsp3) is 0.235. The summed E-state index contributed by atoms with van der Waals surface area (Å²) in [5.74, 6) is -0.625. The van der Waals surface area contributed by atoms with E-state index < -0.39 is 0 Å². The quantitative estimate of drug-likeness (QED) is 0.859. The molecule has 0 aliphatic rings. The third-order valence-corrected chi connectivity index (χ3v) is 3.78. The first-order chi connectivity index (χ1) is 10.1. The number of amides is 1. The summed E-state index contributed by atoms with van der Waals surface area (Å²) >= 11 is 6.21. The van der Waals surface area contributed by atoms with Crippen molar-refractivity contribution in [1.82, 2.24) is 0 Å². The molecule has 4 heteroatoms. The van der Waals surface area contributed by atoms with Gasteiger partial charge in [-0.2, -0.15) is 0 Å². The van der Waals surface area contributed by atoms with Crippen molar-refractivity contribution in [3.05, 3.63) is 63.9 Å². The highest BCUT2D eigenvalue weighted by Crippen LogP contribution is 2.29. The van der Waals surface area contributed by atoms with E-state index in [0.717, 1.165) is 29.7 Å². The number of carbonyl (C=O) groups is 1. The minimum absolute atomic E-state index is 0.262. The van der Waals surface area contributed by atoms with E-state index in [1.54, 1.807) is 0 Å². The topological polar surface area (TPSA) is 29.1 Å². The van der Waals surface area contributed by atoms with E-state index in [-0.39, 0.29) is 11.7 Å². The number of anilines is 1. The predicted molar refractivity (Wildman–Crippen MR) is 84.6 cm³/mol. The fourth-order valence-corrected chi connectivity index (χ4v) is 2.54. The summed E-state index contributed by atoms with van der Waals surface area (Å²) < 4.78 is 12.9. The Morgan fingerprint density at radius 3 is 2.33 bits per heavy atom. The summed E-state index contributed by atoms with van der Waals surface area (Å²) in [4.78, 5) is 12.3. The number of aryl methyl sites for hydroxylation is 1. The molecule has 2 rings (SSSR count). The Morgan fingerprint density at radius 1 is 1.10 bits per heavy atom. The van der Waals surface area contributed by atoms with Gasteiger partial charge in [0.25, 0.3) is 5.91 Å². The highest BCUT2D eigenvalue weighted by atomic mass is 35.5. The molecule has 21 heavy (non-hydrogen) atoms. The maximum absolute atomic E-state index is 12.9. The molecule has 110 valence electrons. The third-order valence-electron chi connectivity index (χ3n) is 3.42. The maximum atomic E-state index is 12.9. The van der Waals surface area contributed by atoms with Crippen molar-refractivity contribution in [2.24, 2.45) is 0 Å². The molecule has 0 saturated heterocycles. The fourth-order valence-electron chi connectivity index (χ4n) is 2.25. The standard InChI is InChI=1S/C17H17ClFNO/c1-3-11-7-10-15(18)14(4-2)16(11)20-17(21)12-5-8-13(19)9-6-12/h5-10H,3-4H2,1-2H3,(H,20,21). The number of halogens is 2. The molecular weight excluding hydrogens is 289 g/mol. The molecular formula is C17H17ClFNO. The molecule has 0 spiro atoms. The van der Waals surface area contributed by atoms with Crippen molar-refractivity contribution >= 4 is 23.2 Å².